The monoisotopic (exact) mass is 496 g/mol. The van der Waals surface area contributed by atoms with Crippen molar-refractivity contribution in [1.82, 2.24) is 0 Å². The van der Waals surface area contributed by atoms with Crippen LogP contribution in [0.1, 0.15) is 16.7 Å². The third kappa shape index (κ3) is 6.92. The Labute approximate surface area is 194 Å². The highest BCUT2D eigenvalue weighted by molar-refractivity contribution is 6.28. The van der Waals surface area contributed by atoms with E-state index in [1.54, 1.807) is 0 Å². The van der Waals surface area contributed by atoms with Gasteiger partial charge >= 0.3 is 12.4 Å². The Balaban J connectivity index is 1.94. The maximum Gasteiger partial charge on any atom is 0.416 e. The Bertz CT molecular complexity index is 1210. The molecule has 0 spiro atoms. The van der Waals surface area contributed by atoms with Crippen molar-refractivity contribution in [3.8, 4) is 0 Å². The fourth-order valence-corrected chi connectivity index (χ4v) is 2.94. The lowest BCUT2D eigenvalue weighted by molar-refractivity contribution is -0.138. The normalized spacial score (nSPS) is 11.5. The molecule has 182 valence electrons. The molecule has 3 aromatic rings. The van der Waals surface area contributed by atoms with Crippen molar-refractivity contribution in [3.05, 3.63) is 101 Å². The highest BCUT2D eigenvalue weighted by Crippen LogP contribution is 2.32. The zero-order chi connectivity index (χ0) is 25.8. The molecule has 0 unspecified atom stereocenters. The lowest BCUT2D eigenvalue weighted by atomic mass is 10.1. The van der Waals surface area contributed by atoms with E-state index in [-0.39, 0.29) is 16.9 Å². The Kier molecular flexibility index (Phi) is 7.28. The van der Waals surface area contributed by atoms with E-state index in [1.165, 1.54) is 12.1 Å². The maximum absolute atomic E-state index is 13.6. The number of carbonyl (C=O) groups is 2. The van der Waals surface area contributed by atoms with Crippen LogP contribution in [-0.4, -0.2) is 11.8 Å². The van der Waals surface area contributed by atoms with Crippen molar-refractivity contribution in [2.75, 3.05) is 10.6 Å². The average molecular weight is 496 g/mol. The zero-order valence-corrected chi connectivity index (χ0v) is 17.5. The summed E-state index contributed by atoms with van der Waals surface area (Å²) in [6, 6.07) is 11.9. The van der Waals surface area contributed by atoms with Crippen molar-refractivity contribution in [1.29, 1.82) is 0 Å². The van der Waals surface area contributed by atoms with Gasteiger partial charge in [0, 0.05) is 11.4 Å². The number of hydrogen-bond donors (Lipinski definition) is 2. The first kappa shape index (κ1) is 25.5. The van der Waals surface area contributed by atoms with Gasteiger partial charge in [-0.3, -0.25) is 9.59 Å². The lowest BCUT2D eigenvalue weighted by Gasteiger charge is -2.13. The molecule has 0 saturated carbocycles. The van der Waals surface area contributed by atoms with E-state index < -0.39 is 46.7 Å². The van der Waals surface area contributed by atoms with E-state index in [0.717, 1.165) is 54.6 Å². The predicted octanol–water partition coefficient (Wildman–Crippen LogP) is 6.52. The summed E-state index contributed by atoms with van der Waals surface area (Å²) in [7, 11) is 0. The fraction of sp³-hybridized carbons (Fsp3) is 0.0833. The zero-order valence-electron chi connectivity index (χ0n) is 17.5. The molecule has 0 aromatic heterocycles. The van der Waals surface area contributed by atoms with Crippen molar-refractivity contribution in [3.63, 3.8) is 0 Å². The van der Waals surface area contributed by atoms with E-state index in [0.29, 0.717) is 12.1 Å². The highest BCUT2D eigenvalue weighted by atomic mass is 19.4. The van der Waals surface area contributed by atoms with Crippen LogP contribution in [-0.2, 0) is 21.9 Å². The van der Waals surface area contributed by atoms with Crippen molar-refractivity contribution >= 4 is 29.3 Å². The molecule has 0 fully saturated rings. The first-order valence-electron chi connectivity index (χ1n) is 9.77. The molecule has 2 N–H and O–H groups in total. The topological polar surface area (TPSA) is 58.2 Å². The molecular weight excluding hydrogens is 481 g/mol. The molecular formula is C24H15F7N2O2. The van der Waals surface area contributed by atoms with Gasteiger partial charge in [0.05, 0.1) is 11.1 Å². The van der Waals surface area contributed by atoms with E-state index in [9.17, 15) is 40.3 Å². The number of benzene rings is 3. The molecule has 0 atom stereocenters. The van der Waals surface area contributed by atoms with Gasteiger partial charge in [-0.2, -0.15) is 26.3 Å². The van der Waals surface area contributed by atoms with Crippen LogP contribution in [0.4, 0.5) is 42.1 Å². The van der Waals surface area contributed by atoms with Gasteiger partial charge in [0.15, 0.2) is 0 Å². The second-order valence-electron chi connectivity index (χ2n) is 7.18. The van der Waals surface area contributed by atoms with Gasteiger partial charge in [0.25, 0.3) is 11.8 Å². The molecule has 0 aliphatic rings. The summed E-state index contributed by atoms with van der Waals surface area (Å²) in [6.45, 7) is 0. The van der Waals surface area contributed by atoms with Crippen molar-refractivity contribution in [2.24, 2.45) is 0 Å². The largest absolute Gasteiger partial charge is 0.416 e. The third-order valence-corrected chi connectivity index (χ3v) is 4.54. The van der Waals surface area contributed by atoms with Gasteiger partial charge in [-0.05, 0) is 60.2 Å². The van der Waals surface area contributed by atoms with Crippen LogP contribution in [0.2, 0.25) is 0 Å². The van der Waals surface area contributed by atoms with Crippen molar-refractivity contribution in [2.45, 2.75) is 12.4 Å². The quantitative estimate of drug-likeness (QED) is 0.183. The highest BCUT2D eigenvalue weighted by Gasteiger charge is 2.32. The van der Waals surface area contributed by atoms with Gasteiger partial charge in [0.2, 0.25) is 0 Å². The lowest BCUT2D eigenvalue weighted by Crippen LogP contribution is -2.25. The van der Waals surface area contributed by atoms with Gasteiger partial charge < -0.3 is 10.6 Å². The van der Waals surface area contributed by atoms with Crippen LogP contribution < -0.4 is 10.6 Å². The Hall–Kier alpha value is -4.15. The second kappa shape index (κ2) is 10.00. The SMILES string of the molecule is O=C(Nc1cccc(C(F)(F)F)c1)C(=Cc1cccc(F)c1)C(=O)Nc1cccc(C(F)(F)F)c1. The van der Waals surface area contributed by atoms with Crippen LogP contribution in [0.5, 0.6) is 0 Å². The van der Waals surface area contributed by atoms with Crippen LogP contribution in [0.3, 0.4) is 0 Å². The number of anilines is 2. The van der Waals surface area contributed by atoms with E-state index in [1.807, 2.05) is 0 Å². The second-order valence-corrected chi connectivity index (χ2v) is 7.18. The molecule has 2 amide bonds. The summed E-state index contributed by atoms with van der Waals surface area (Å²) in [5, 5.41) is 4.30. The first-order valence-corrected chi connectivity index (χ1v) is 9.77. The summed E-state index contributed by atoms with van der Waals surface area (Å²) < 4.78 is 91.4. The van der Waals surface area contributed by atoms with E-state index in [4.69, 9.17) is 0 Å². The molecule has 4 nitrogen and oxygen atoms in total. The summed E-state index contributed by atoms with van der Waals surface area (Å²) >= 11 is 0. The van der Waals surface area contributed by atoms with Crippen LogP contribution in [0.15, 0.2) is 78.4 Å². The molecule has 3 rings (SSSR count). The van der Waals surface area contributed by atoms with Crippen LogP contribution in [0, 0.1) is 5.82 Å². The Morgan fingerprint density at radius 3 is 1.54 bits per heavy atom. The van der Waals surface area contributed by atoms with Gasteiger partial charge in [-0.25, -0.2) is 4.39 Å². The molecule has 0 saturated heterocycles. The standard InChI is InChI=1S/C24H15F7N2O2/c25-17-7-1-4-14(10-17)11-20(21(34)32-18-8-2-5-15(12-18)23(26,27)28)22(35)33-19-9-3-6-16(13-19)24(29,30)31/h1-13H,(H,32,34)(H,33,35). The first-order chi connectivity index (χ1) is 16.3. The van der Waals surface area contributed by atoms with Gasteiger partial charge in [-0.15, -0.1) is 0 Å². The maximum atomic E-state index is 13.6. The number of nitrogens with one attached hydrogen (secondary N) is 2. The minimum absolute atomic E-state index is 0.0541. The molecule has 0 aliphatic carbocycles. The van der Waals surface area contributed by atoms with Crippen LogP contribution >= 0.6 is 0 Å². The summed E-state index contributed by atoms with van der Waals surface area (Å²) in [5.41, 5.74) is -3.33. The minimum atomic E-state index is -4.69. The van der Waals surface area contributed by atoms with Crippen LogP contribution in [0.25, 0.3) is 6.08 Å². The molecule has 0 bridgehead atoms. The summed E-state index contributed by atoms with van der Waals surface area (Å²) in [4.78, 5) is 25.7. The number of halogens is 7. The van der Waals surface area contributed by atoms with Gasteiger partial charge in [0.1, 0.15) is 11.4 Å². The fourth-order valence-electron chi connectivity index (χ4n) is 2.94. The molecule has 11 heteroatoms. The van der Waals surface area contributed by atoms with E-state index in [2.05, 4.69) is 10.6 Å². The van der Waals surface area contributed by atoms with Crippen molar-refractivity contribution < 1.29 is 40.3 Å². The number of hydrogen-bond acceptors (Lipinski definition) is 2. The Morgan fingerprint density at radius 2 is 1.11 bits per heavy atom. The third-order valence-electron chi connectivity index (χ3n) is 4.54. The Morgan fingerprint density at radius 1 is 0.657 bits per heavy atom. The molecule has 0 radical (unpaired) electrons. The molecule has 3 aromatic carbocycles. The van der Waals surface area contributed by atoms with Gasteiger partial charge in [-0.1, -0.05) is 24.3 Å². The van der Waals surface area contributed by atoms with E-state index >= 15 is 0 Å². The number of alkyl halides is 6. The summed E-state index contributed by atoms with van der Waals surface area (Å²) in [6.07, 6.45) is -8.43. The molecule has 0 heterocycles. The summed E-state index contributed by atoms with van der Waals surface area (Å²) in [5.74, 6) is -3.04. The molecule has 0 aliphatic heterocycles. The number of carbonyl (C=O) groups excluding carboxylic acids is 2. The smallest absolute Gasteiger partial charge is 0.322 e. The number of rotatable bonds is 5. The average Bonchev–Trinajstić information content (AvgIpc) is 2.76. The minimum Gasteiger partial charge on any atom is -0.322 e. The number of amides is 2. The predicted molar refractivity (Wildman–Crippen MR) is 115 cm³/mol. The molecule has 35 heavy (non-hydrogen) atoms.